The highest BCUT2D eigenvalue weighted by Gasteiger charge is 2.50. The highest BCUT2D eigenvalue weighted by atomic mass is 35.5. The van der Waals surface area contributed by atoms with Gasteiger partial charge in [-0.1, -0.05) is 0 Å². The Kier molecular flexibility index (Phi) is 1.31. The van der Waals surface area contributed by atoms with Crippen LogP contribution in [0.2, 0.25) is 0 Å². The molecule has 2 aliphatic carbocycles. The van der Waals surface area contributed by atoms with Crippen molar-refractivity contribution in [3.8, 4) is 0 Å². The van der Waals surface area contributed by atoms with Crippen molar-refractivity contribution in [2.75, 3.05) is 0 Å². The highest BCUT2D eigenvalue weighted by Crippen LogP contribution is 2.54. The third kappa shape index (κ3) is 0.960. The van der Waals surface area contributed by atoms with E-state index in [9.17, 15) is 5.11 Å². The summed E-state index contributed by atoms with van der Waals surface area (Å²) in [5.41, 5.74) is 0. The van der Waals surface area contributed by atoms with E-state index in [2.05, 4.69) is 0 Å². The standard InChI is InChI=1S/C8H13ClO/c1-8(9)4-6-2-5(6)3-7(8)10/h5-7,10H,2-4H2,1H3/t5-,6+,7-,8-/m1/s1. The molecule has 4 atom stereocenters. The second kappa shape index (κ2) is 1.89. The Morgan fingerprint density at radius 3 is 2.70 bits per heavy atom. The number of rotatable bonds is 0. The van der Waals surface area contributed by atoms with Crippen LogP contribution in [0.3, 0.4) is 0 Å². The van der Waals surface area contributed by atoms with Gasteiger partial charge in [0, 0.05) is 0 Å². The van der Waals surface area contributed by atoms with Crippen LogP contribution in [-0.4, -0.2) is 16.1 Å². The number of aliphatic hydroxyl groups is 1. The monoisotopic (exact) mass is 160 g/mol. The molecule has 0 unspecified atom stereocenters. The number of aliphatic hydroxyl groups excluding tert-OH is 1. The molecule has 58 valence electrons. The molecule has 0 heterocycles. The zero-order chi connectivity index (χ0) is 7.35. The summed E-state index contributed by atoms with van der Waals surface area (Å²) in [5.74, 6) is 1.65. The normalized spacial score (nSPS) is 59.7. The summed E-state index contributed by atoms with van der Waals surface area (Å²) in [6.07, 6.45) is 2.99. The minimum Gasteiger partial charge on any atom is -0.391 e. The number of hydrogen-bond donors (Lipinski definition) is 1. The van der Waals surface area contributed by atoms with Gasteiger partial charge in [-0.3, -0.25) is 0 Å². The van der Waals surface area contributed by atoms with Gasteiger partial charge in [0.05, 0.1) is 11.0 Å². The molecule has 2 aliphatic rings. The Balaban J connectivity index is 2.08. The molecule has 0 aromatic rings. The van der Waals surface area contributed by atoms with Gasteiger partial charge in [0.15, 0.2) is 0 Å². The third-order valence-corrected chi connectivity index (χ3v) is 3.36. The topological polar surface area (TPSA) is 20.2 Å². The summed E-state index contributed by atoms with van der Waals surface area (Å²) >= 11 is 6.09. The molecular formula is C8H13ClO. The molecule has 0 aromatic carbocycles. The minimum atomic E-state index is -0.322. The molecule has 0 amide bonds. The Morgan fingerprint density at radius 1 is 1.40 bits per heavy atom. The van der Waals surface area contributed by atoms with Crippen molar-refractivity contribution in [2.24, 2.45) is 11.8 Å². The fraction of sp³-hybridized carbons (Fsp3) is 1.00. The lowest BCUT2D eigenvalue weighted by molar-refractivity contribution is 0.0899. The van der Waals surface area contributed by atoms with E-state index in [1.807, 2.05) is 6.92 Å². The van der Waals surface area contributed by atoms with Gasteiger partial charge in [0.2, 0.25) is 0 Å². The number of halogens is 1. The van der Waals surface area contributed by atoms with Crippen LogP contribution in [0, 0.1) is 11.8 Å². The summed E-state index contributed by atoms with van der Waals surface area (Å²) in [6, 6.07) is 0. The largest absolute Gasteiger partial charge is 0.391 e. The molecule has 2 rings (SSSR count). The summed E-state index contributed by atoms with van der Waals surface area (Å²) < 4.78 is 0. The van der Waals surface area contributed by atoms with Crippen molar-refractivity contribution < 1.29 is 5.11 Å². The predicted molar refractivity (Wildman–Crippen MR) is 41.1 cm³/mol. The first kappa shape index (κ1) is 6.93. The molecule has 2 saturated carbocycles. The van der Waals surface area contributed by atoms with E-state index in [0.717, 1.165) is 24.7 Å². The molecule has 0 saturated heterocycles. The fourth-order valence-corrected chi connectivity index (χ4v) is 2.32. The summed E-state index contributed by atoms with van der Waals surface area (Å²) in [7, 11) is 0. The van der Waals surface area contributed by atoms with E-state index in [1.54, 1.807) is 0 Å². The molecule has 2 heteroatoms. The van der Waals surface area contributed by atoms with Gasteiger partial charge >= 0.3 is 0 Å². The molecule has 1 nitrogen and oxygen atoms in total. The van der Waals surface area contributed by atoms with Gasteiger partial charge in [-0.2, -0.15) is 0 Å². The third-order valence-electron chi connectivity index (χ3n) is 2.95. The lowest BCUT2D eigenvalue weighted by atomic mass is 9.87. The predicted octanol–water partition coefficient (Wildman–Crippen LogP) is 1.77. The van der Waals surface area contributed by atoms with Crippen molar-refractivity contribution in [3.63, 3.8) is 0 Å². The SMILES string of the molecule is C[C@@]1(Cl)C[C@@H]2C[C@@H]2C[C@H]1O. The first-order chi connectivity index (χ1) is 4.59. The van der Waals surface area contributed by atoms with Gasteiger partial charge in [0.25, 0.3) is 0 Å². The van der Waals surface area contributed by atoms with Crippen LogP contribution in [-0.2, 0) is 0 Å². The second-order valence-electron chi connectivity index (χ2n) is 3.99. The van der Waals surface area contributed by atoms with Crippen LogP contribution in [0.25, 0.3) is 0 Å². The van der Waals surface area contributed by atoms with Crippen LogP contribution in [0.1, 0.15) is 26.2 Å². The molecule has 0 spiro atoms. The van der Waals surface area contributed by atoms with Gasteiger partial charge in [-0.25, -0.2) is 0 Å². The molecule has 1 N–H and O–H groups in total. The fourth-order valence-electron chi connectivity index (χ4n) is 2.03. The lowest BCUT2D eigenvalue weighted by Gasteiger charge is -2.31. The molecule has 0 radical (unpaired) electrons. The van der Waals surface area contributed by atoms with E-state index < -0.39 is 0 Å². The van der Waals surface area contributed by atoms with Crippen molar-refractivity contribution in [1.82, 2.24) is 0 Å². The van der Waals surface area contributed by atoms with Crippen molar-refractivity contribution >= 4 is 11.6 Å². The van der Waals surface area contributed by atoms with Crippen LogP contribution >= 0.6 is 11.6 Å². The zero-order valence-electron chi connectivity index (χ0n) is 6.18. The first-order valence-corrected chi connectivity index (χ1v) is 4.34. The number of alkyl halides is 1. The smallest absolute Gasteiger partial charge is 0.0732 e. The maximum atomic E-state index is 9.50. The van der Waals surface area contributed by atoms with Crippen LogP contribution in [0.5, 0.6) is 0 Å². The number of hydrogen-bond acceptors (Lipinski definition) is 1. The van der Waals surface area contributed by atoms with E-state index >= 15 is 0 Å². The van der Waals surface area contributed by atoms with Gasteiger partial charge in [0.1, 0.15) is 0 Å². The van der Waals surface area contributed by atoms with E-state index in [4.69, 9.17) is 11.6 Å². The van der Waals surface area contributed by atoms with Crippen LogP contribution in [0.15, 0.2) is 0 Å². The maximum absolute atomic E-state index is 9.50. The van der Waals surface area contributed by atoms with Gasteiger partial charge in [-0.05, 0) is 38.0 Å². The van der Waals surface area contributed by atoms with Crippen molar-refractivity contribution in [3.05, 3.63) is 0 Å². The Hall–Kier alpha value is 0.250. The Bertz CT molecular complexity index is 155. The summed E-state index contributed by atoms with van der Waals surface area (Å²) in [6.45, 7) is 1.95. The van der Waals surface area contributed by atoms with Crippen LogP contribution < -0.4 is 0 Å². The first-order valence-electron chi connectivity index (χ1n) is 3.96. The molecule has 0 aliphatic heterocycles. The van der Waals surface area contributed by atoms with E-state index in [1.165, 1.54) is 6.42 Å². The molecule has 10 heavy (non-hydrogen) atoms. The highest BCUT2D eigenvalue weighted by molar-refractivity contribution is 6.24. The van der Waals surface area contributed by atoms with Crippen molar-refractivity contribution in [2.45, 2.75) is 37.2 Å². The summed E-state index contributed by atoms with van der Waals surface area (Å²) in [4.78, 5) is -0.322. The molecule has 0 bridgehead atoms. The molecule has 2 fully saturated rings. The second-order valence-corrected chi connectivity index (χ2v) is 4.85. The molecule has 0 aromatic heterocycles. The summed E-state index contributed by atoms with van der Waals surface area (Å²) in [5, 5.41) is 9.50. The van der Waals surface area contributed by atoms with E-state index in [-0.39, 0.29) is 11.0 Å². The van der Waals surface area contributed by atoms with Gasteiger partial charge < -0.3 is 5.11 Å². The number of fused-ring (bicyclic) bond motifs is 1. The molecular weight excluding hydrogens is 148 g/mol. The average Bonchev–Trinajstić information content (AvgIpc) is 2.44. The maximum Gasteiger partial charge on any atom is 0.0732 e. The van der Waals surface area contributed by atoms with Crippen LogP contribution in [0.4, 0.5) is 0 Å². The Morgan fingerprint density at radius 2 is 2.10 bits per heavy atom. The minimum absolute atomic E-state index is 0.266. The van der Waals surface area contributed by atoms with Gasteiger partial charge in [-0.15, -0.1) is 11.6 Å². The Labute approximate surface area is 66.4 Å². The quantitative estimate of drug-likeness (QED) is 0.536. The lowest BCUT2D eigenvalue weighted by Crippen LogP contribution is -2.37. The zero-order valence-corrected chi connectivity index (χ0v) is 6.93. The van der Waals surface area contributed by atoms with E-state index in [0.29, 0.717) is 0 Å². The van der Waals surface area contributed by atoms with Crippen molar-refractivity contribution in [1.29, 1.82) is 0 Å². The average molecular weight is 161 g/mol.